The lowest BCUT2D eigenvalue weighted by Gasteiger charge is -2.18. The van der Waals surface area contributed by atoms with Crippen LogP contribution in [0.2, 0.25) is 0 Å². The third kappa shape index (κ3) is 6.44. The standard InChI is InChI=1S/C38H40B2N4O2/c1-3-5-7-13-19-45-37-25-32(40-43-35-23-29-17-11-12-18-30(29)24-36(35)44-40)38(46-20-14-8-6-4-2)26-31(37)39-41-33-21-27-15-9-10-16-28(27)22-34(33)42-39/h9-12,15-18,21-26H,3-8,13-14,19-20H2,1-2H3. The van der Waals surface area contributed by atoms with E-state index < -0.39 is 14.0 Å². The molecule has 7 rings (SSSR count). The maximum Gasteiger partial charge on any atom is 0.453 e. The van der Waals surface area contributed by atoms with Gasteiger partial charge in [0.2, 0.25) is 0 Å². The fraction of sp³-hybridized carbons (Fsp3) is 0.316. The minimum atomic E-state index is -0.408. The minimum absolute atomic E-state index is 0.408. The van der Waals surface area contributed by atoms with Crippen LogP contribution in [0, 0.1) is 0 Å². The van der Waals surface area contributed by atoms with Crippen molar-refractivity contribution < 1.29 is 9.47 Å². The smallest absolute Gasteiger partial charge is 0.453 e. The van der Waals surface area contributed by atoms with Crippen molar-refractivity contribution >= 4 is 46.4 Å². The van der Waals surface area contributed by atoms with Crippen LogP contribution in [0.5, 0.6) is 11.5 Å². The SMILES string of the molecule is CCCCCCOc1cc(B2N=c3cc4ccccc4cc3=N2)c(OCCCCCC)cc1B1N=c2cc3ccccc3cc2=N1. The second-order valence-electron chi connectivity index (χ2n) is 12.4. The van der Waals surface area contributed by atoms with Crippen molar-refractivity contribution in [3.63, 3.8) is 0 Å². The second-order valence-corrected chi connectivity index (χ2v) is 12.4. The van der Waals surface area contributed by atoms with E-state index in [0.717, 1.165) is 91.1 Å². The van der Waals surface area contributed by atoms with E-state index in [1.165, 1.54) is 25.7 Å². The predicted molar refractivity (Wildman–Crippen MR) is 189 cm³/mol. The number of ether oxygens (including phenoxy) is 2. The first kappa shape index (κ1) is 30.2. The number of hydrogen-bond acceptors (Lipinski definition) is 6. The summed E-state index contributed by atoms with van der Waals surface area (Å²) in [6.07, 6.45) is 9.06. The highest BCUT2D eigenvalue weighted by Crippen LogP contribution is 2.20. The van der Waals surface area contributed by atoms with Crippen LogP contribution in [-0.2, 0) is 0 Å². The molecule has 2 aliphatic rings. The van der Waals surface area contributed by atoms with Crippen LogP contribution in [0.15, 0.2) is 105 Å². The summed E-state index contributed by atoms with van der Waals surface area (Å²) in [5.74, 6) is 1.57. The summed E-state index contributed by atoms with van der Waals surface area (Å²) in [5.41, 5.74) is 1.84. The van der Waals surface area contributed by atoms with Gasteiger partial charge in [0.25, 0.3) is 0 Å². The number of rotatable bonds is 14. The Morgan fingerprint density at radius 3 is 1.13 bits per heavy atom. The van der Waals surface area contributed by atoms with E-state index in [0.29, 0.717) is 13.2 Å². The Morgan fingerprint density at radius 2 is 0.804 bits per heavy atom. The normalized spacial score (nSPS) is 13.2. The topological polar surface area (TPSA) is 67.9 Å². The molecule has 6 nitrogen and oxygen atoms in total. The Bertz CT molecular complexity index is 1870. The molecule has 0 N–H and O–H groups in total. The van der Waals surface area contributed by atoms with Gasteiger partial charge in [0, 0.05) is 10.9 Å². The molecule has 46 heavy (non-hydrogen) atoms. The first-order chi connectivity index (χ1) is 22.7. The number of benzene rings is 5. The van der Waals surface area contributed by atoms with Gasteiger partial charge in [-0.2, -0.15) is 0 Å². The molecule has 0 radical (unpaired) electrons. The quantitative estimate of drug-likeness (QED) is 0.129. The molecule has 0 bridgehead atoms. The molecular weight excluding hydrogens is 566 g/mol. The fourth-order valence-electron chi connectivity index (χ4n) is 6.38. The molecule has 0 aromatic heterocycles. The molecule has 0 fully saturated rings. The largest absolute Gasteiger partial charge is 0.494 e. The summed E-state index contributed by atoms with van der Waals surface area (Å²) in [6, 6.07) is 29.5. The molecule has 8 heteroatoms. The first-order valence-electron chi connectivity index (χ1n) is 17.0. The summed E-state index contributed by atoms with van der Waals surface area (Å²) in [5, 5.41) is 8.29. The summed E-state index contributed by atoms with van der Waals surface area (Å²) in [6.45, 7) is 4.91. The Kier molecular flexibility index (Phi) is 9.13. The zero-order chi connectivity index (χ0) is 31.3. The van der Waals surface area contributed by atoms with E-state index in [-0.39, 0.29) is 0 Å². The van der Waals surface area contributed by atoms with E-state index in [1.54, 1.807) is 0 Å². The molecule has 0 atom stereocenters. The summed E-state index contributed by atoms with van der Waals surface area (Å²) < 4.78 is 13.1. The highest BCUT2D eigenvalue weighted by atomic mass is 16.5. The van der Waals surface area contributed by atoms with E-state index in [9.17, 15) is 0 Å². The summed E-state index contributed by atoms with van der Waals surface area (Å²) >= 11 is 0. The summed E-state index contributed by atoms with van der Waals surface area (Å²) in [7, 11) is 0. The zero-order valence-electron chi connectivity index (χ0n) is 26.9. The van der Waals surface area contributed by atoms with Crippen LogP contribution in [0.1, 0.15) is 65.2 Å². The summed E-state index contributed by atoms with van der Waals surface area (Å²) in [4.78, 5) is 20.4. The van der Waals surface area contributed by atoms with E-state index in [4.69, 9.17) is 29.1 Å². The molecule has 5 aromatic rings. The van der Waals surface area contributed by atoms with Crippen LogP contribution in [0.25, 0.3) is 21.5 Å². The monoisotopic (exact) mass is 606 g/mol. The second kappa shape index (κ2) is 13.9. The van der Waals surface area contributed by atoms with Crippen LogP contribution >= 0.6 is 0 Å². The lowest BCUT2D eigenvalue weighted by Crippen LogP contribution is -2.35. The van der Waals surface area contributed by atoms with Gasteiger partial charge in [0.1, 0.15) is 11.5 Å². The van der Waals surface area contributed by atoms with Crippen molar-refractivity contribution in [2.24, 2.45) is 19.6 Å². The van der Waals surface area contributed by atoms with Gasteiger partial charge in [0.05, 0.1) is 34.6 Å². The molecule has 2 heterocycles. The number of hydrogen-bond donors (Lipinski definition) is 0. The average Bonchev–Trinajstić information content (AvgIpc) is 3.69. The Balaban J connectivity index is 1.30. The molecular formula is C38H40B2N4O2. The van der Waals surface area contributed by atoms with Crippen LogP contribution in [-0.4, -0.2) is 27.2 Å². The Morgan fingerprint density at radius 1 is 0.457 bits per heavy atom. The van der Waals surface area contributed by atoms with Crippen molar-refractivity contribution in [3.05, 3.63) is 106 Å². The van der Waals surface area contributed by atoms with Crippen LogP contribution in [0.3, 0.4) is 0 Å². The Labute approximate surface area is 271 Å². The van der Waals surface area contributed by atoms with Crippen molar-refractivity contribution in [1.29, 1.82) is 0 Å². The van der Waals surface area contributed by atoms with Gasteiger partial charge < -0.3 is 29.1 Å². The van der Waals surface area contributed by atoms with Gasteiger partial charge in [-0.15, -0.1) is 0 Å². The highest BCUT2D eigenvalue weighted by Gasteiger charge is 2.31. The van der Waals surface area contributed by atoms with Gasteiger partial charge in [-0.3, -0.25) is 0 Å². The van der Waals surface area contributed by atoms with E-state index in [1.807, 2.05) is 0 Å². The third-order valence-corrected chi connectivity index (χ3v) is 8.94. The molecule has 0 unspecified atom stereocenters. The number of fused-ring (bicyclic) bond motifs is 4. The van der Waals surface area contributed by atoms with Gasteiger partial charge in [-0.1, -0.05) is 101 Å². The van der Waals surface area contributed by atoms with Crippen molar-refractivity contribution in [3.8, 4) is 11.5 Å². The lowest BCUT2D eigenvalue weighted by molar-refractivity contribution is 0.300. The molecule has 0 aliphatic carbocycles. The zero-order valence-corrected chi connectivity index (χ0v) is 26.9. The molecule has 0 saturated heterocycles. The van der Waals surface area contributed by atoms with Crippen LogP contribution < -0.4 is 41.8 Å². The third-order valence-electron chi connectivity index (χ3n) is 8.94. The maximum absolute atomic E-state index is 6.57. The van der Waals surface area contributed by atoms with Crippen molar-refractivity contribution in [2.45, 2.75) is 65.2 Å². The molecule has 0 saturated carbocycles. The van der Waals surface area contributed by atoms with Gasteiger partial charge >= 0.3 is 14.0 Å². The molecule has 2 aliphatic heterocycles. The minimum Gasteiger partial charge on any atom is -0.494 e. The Hall–Kier alpha value is -4.45. The maximum atomic E-state index is 6.57. The molecule has 0 amide bonds. The highest BCUT2D eigenvalue weighted by molar-refractivity contribution is 6.73. The van der Waals surface area contributed by atoms with Crippen molar-refractivity contribution in [1.82, 2.24) is 0 Å². The van der Waals surface area contributed by atoms with E-state index in [2.05, 4.69) is 98.8 Å². The van der Waals surface area contributed by atoms with Gasteiger partial charge in [-0.05, 0) is 70.8 Å². The van der Waals surface area contributed by atoms with E-state index >= 15 is 0 Å². The molecule has 230 valence electrons. The van der Waals surface area contributed by atoms with Crippen LogP contribution in [0.4, 0.5) is 0 Å². The molecule has 5 aromatic carbocycles. The predicted octanol–water partition coefficient (Wildman–Crippen LogP) is 5.21. The number of unbranched alkanes of at least 4 members (excludes halogenated alkanes) is 6. The molecule has 0 spiro atoms. The fourth-order valence-corrected chi connectivity index (χ4v) is 6.38. The number of nitrogens with zero attached hydrogens (tertiary/aromatic N) is 4. The van der Waals surface area contributed by atoms with Gasteiger partial charge in [-0.25, -0.2) is 0 Å². The first-order valence-corrected chi connectivity index (χ1v) is 17.0. The van der Waals surface area contributed by atoms with Gasteiger partial charge in [0.15, 0.2) is 0 Å². The lowest BCUT2D eigenvalue weighted by atomic mass is 9.65. The van der Waals surface area contributed by atoms with Crippen molar-refractivity contribution in [2.75, 3.05) is 13.2 Å². The average molecular weight is 606 g/mol.